The predicted octanol–water partition coefficient (Wildman–Crippen LogP) is 6.22. The van der Waals surface area contributed by atoms with Gasteiger partial charge in [-0.15, -0.1) is 11.3 Å². The van der Waals surface area contributed by atoms with E-state index in [0.717, 1.165) is 16.9 Å². The second kappa shape index (κ2) is 6.39. The third-order valence-electron chi connectivity index (χ3n) is 3.65. The lowest BCUT2D eigenvalue weighted by Crippen LogP contribution is -2.11. The fourth-order valence-electron chi connectivity index (χ4n) is 2.34. The van der Waals surface area contributed by atoms with E-state index in [9.17, 15) is 26.3 Å². The summed E-state index contributed by atoms with van der Waals surface area (Å²) in [5.41, 5.74) is -1.00. The van der Waals surface area contributed by atoms with E-state index in [0.29, 0.717) is 23.4 Å². The summed E-state index contributed by atoms with van der Waals surface area (Å²) in [5, 5.41) is 1.65. The number of nitrogens with zero attached hydrogens (tertiary/aromatic N) is 2. The number of alkyl halides is 6. The van der Waals surface area contributed by atoms with Crippen LogP contribution >= 0.6 is 11.3 Å². The Bertz CT molecular complexity index is 911. The number of aryl methyl sites for hydroxylation is 1. The van der Waals surface area contributed by atoms with Gasteiger partial charge < -0.3 is 0 Å². The van der Waals surface area contributed by atoms with Crippen molar-refractivity contribution in [3.63, 3.8) is 0 Å². The highest BCUT2D eigenvalue weighted by atomic mass is 32.1. The van der Waals surface area contributed by atoms with Crippen molar-refractivity contribution in [2.24, 2.45) is 0 Å². The van der Waals surface area contributed by atoms with Gasteiger partial charge in [-0.05, 0) is 36.8 Å². The minimum absolute atomic E-state index is 0.0693. The van der Waals surface area contributed by atoms with Crippen LogP contribution in [0.1, 0.15) is 16.7 Å². The van der Waals surface area contributed by atoms with Crippen molar-refractivity contribution in [2.75, 3.05) is 0 Å². The fourth-order valence-corrected chi connectivity index (χ4v) is 3.15. The highest BCUT2D eigenvalue weighted by Crippen LogP contribution is 2.39. The maximum absolute atomic E-state index is 13.0. The normalized spacial score (nSPS) is 12.4. The molecule has 2 aromatic heterocycles. The summed E-state index contributed by atoms with van der Waals surface area (Å²) >= 11 is 0.971. The standard InChI is InChI=1S/C17H10F6N2S/c1-9-2-3-24-7-13(9)14-8-26-15(25-14)10-4-11(16(18,19)20)6-12(5-10)17(21,22)23/h2-8H,1H3. The van der Waals surface area contributed by atoms with E-state index in [1.54, 1.807) is 23.8 Å². The van der Waals surface area contributed by atoms with Crippen LogP contribution < -0.4 is 0 Å². The molecule has 0 aliphatic carbocycles. The summed E-state index contributed by atoms with van der Waals surface area (Å²) in [4.78, 5) is 8.17. The van der Waals surface area contributed by atoms with Gasteiger partial charge in [0.1, 0.15) is 5.01 Å². The quantitative estimate of drug-likeness (QED) is 0.487. The lowest BCUT2D eigenvalue weighted by atomic mass is 10.0. The zero-order chi connectivity index (χ0) is 19.1. The molecule has 9 heteroatoms. The van der Waals surface area contributed by atoms with Crippen LogP contribution in [0.5, 0.6) is 0 Å². The van der Waals surface area contributed by atoms with Crippen LogP contribution in [0.15, 0.2) is 42.0 Å². The van der Waals surface area contributed by atoms with E-state index in [1.165, 1.54) is 0 Å². The minimum Gasteiger partial charge on any atom is -0.264 e. The largest absolute Gasteiger partial charge is 0.416 e. The summed E-state index contributed by atoms with van der Waals surface area (Å²) in [5.74, 6) is 0. The molecule has 26 heavy (non-hydrogen) atoms. The monoisotopic (exact) mass is 388 g/mol. The summed E-state index contributed by atoms with van der Waals surface area (Å²) < 4.78 is 77.9. The number of thiazole rings is 1. The third kappa shape index (κ3) is 3.72. The molecule has 3 rings (SSSR count). The number of pyridine rings is 1. The van der Waals surface area contributed by atoms with Gasteiger partial charge in [0.15, 0.2) is 0 Å². The average molecular weight is 388 g/mol. The molecule has 0 saturated heterocycles. The van der Waals surface area contributed by atoms with Crippen LogP contribution in [-0.2, 0) is 12.4 Å². The van der Waals surface area contributed by atoms with Crippen molar-refractivity contribution in [1.29, 1.82) is 0 Å². The summed E-state index contributed by atoms with van der Waals surface area (Å²) in [7, 11) is 0. The molecular weight excluding hydrogens is 378 g/mol. The summed E-state index contributed by atoms with van der Waals surface area (Å²) in [6.07, 6.45) is -6.66. The van der Waals surface area contributed by atoms with E-state index in [2.05, 4.69) is 9.97 Å². The first-order chi connectivity index (χ1) is 12.1. The highest BCUT2D eigenvalue weighted by Gasteiger charge is 2.37. The van der Waals surface area contributed by atoms with Gasteiger partial charge in [-0.2, -0.15) is 26.3 Å². The molecule has 0 atom stereocenters. The molecule has 136 valence electrons. The molecule has 2 heterocycles. The van der Waals surface area contributed by atoms with Gasteiger partial charge in [0.2, 0.25) is 0 Å². The highest BCUT2D eigenvalue weighted by molar-refractivity contribution is 7.13. The van der Waals surface area contributed by atoms with E-state index in [-0.39, 0.29) is 16.6 Å². The van der Waals surface area contributed by atoms with Gasteiger partial charge in [-0.25, -0.2) is 4.98 Å². The molecule has 0 amide bonds. The van der Waals surface area contributed by atoms with Gasteiger partial charge in [0, 0.05) is 28.9 Å². The van der Waals surface area contributed by atoms with Gasteiger partial charge in [-0.1, -0.05) is 0 Å². The number of aromatic nitrogens is 2. The smallest absolute Gasteiger partial charge is 0.264 e. The molecule has 2 nitrogen and oxygen atoms in total. The Balaban J connectivity index is 2.11. The molecule has 0 bridgehead atoms. The van der Waals surface area contributed by atoms with E-state index < -0.39 is 23.5 Å². The van der Waals surface area contributed by atoms with Crippen molar-refractivity contribution in [1.82, 2.24) is 9.97 Å². The SMILES string of the molecule is Cc1ccncc1-c1csc(-c2cc(C(F)(F)F)cc(C(F)(F)F)c2)n1. The average Bonchev–Trinajstić information content (AvgIpc) is 3.03. The maximum Gasteiger partial charge on any atom is 0.416 e. The number of rotatable bonds is 2. The lowest BCUT2D eigenvalue weighted by Gasteiger charge is -2.13. The molecular formula is C17H10F6N2S. The minimum atomic E-state index is -4.89. The molecule has 0 radical (unpaired) electrons. The molecule has 0 saturated carbocycles. The molecule has 0 fully saturated rings. The van der Waals surface area contributed by atoms with Crippen molar-refractivity contribution in [3.05, 3.63) is 58.7 Å². The Labute approximate surface area is 148 Å². The van der Waals surface area contributed by atoms with Gasteiger partial charge in [0.25, 0.3) is 0 Å². The Morgan fingerprint density at radius 3 is 2.08 bits per heavy atom. The third-order valence-corrected chi connectivity index (χ3v) is 4.55. The molecule has 3 aromatic rings. The van der Waals surface area contributed by atoms with E-state index in [1.807, 2.05) is 6.92 Å². The van der Waals surface area contributed by atoms with Crippen LogP contribution in [-0.4, -0.2) is 9.97 Å². The fraction of sp³-hybridized carbons (Fsp3) is 0.176. The van der Waals surface area contributed by atoms with E-state index >= 15 is 0 Å². The number of hydrogen-bond donors (Lipinski definition) is 0. The first-order valence-electron chi connectivity index (χ1n) is 7.22. The van der Waals surface area contributed by atoms with Crippen LogP contribution in [0.25, 0.3) is 21.8 Å². The summed E-state index contributed by atoms with van der Waals surface area (Å²) in [6.45, 7) is 1.81. The molecule has 1 aromatic carbocycles. The van der Waals surface area contributed by atoms with Crippen LogP contribution in [0.4, 0.5) is 26.3 Å². The predicted molar refractivity (Wildman–Crippen MR) is 85.5 cm³/mol. The molecule has 0 unspecified atom stereocenters. The maximum atomic E-state index is 13.0. The topological polar surface area (TPSA) is 25.8 Å². The number of halogens is 6. The Morgan fingerprint density at radius 2 is 1.54 bits per heavy atom. The summed E-state index contributed by atoms with van der Waals surface area (Å²) in [6, 6.07) is 3.19. The van der Waals surface area contributed by atoms with Crippen LogP contribution in [0, 0.1) is 6.92 Å². The molecule has 0 spiro atoms. The first-order valence-corrected chi connectivity index (χ1v) is 8.10. The Morgan fingerprint density at radius 1 is 0.923 bits per heavy atom. The van der Waals surface area contributed by atoms with E-state index in [4.69, 9.17) is 0 Å². The van der Waals surface area contributed by atoms with Crippen molar-refractivity contribution >= 4 is 11.3 Å². The van der Waals surface area contributed by atoms with Crippen molar-refractivity contribution in [3.8, 4) is 21.8 Å². The van der Waals surface area contributed by atoms with Crippen molar-refractivity contribution in [2.45, 2.75) is 19.3 Å². The van der Waals surface area contributed by atoms with Crippen molar-refractivity contribution < 1.29 is 26.3 Å². The van der Waals surface area contributed by atoms with Crippen LogP contribution in [0.3, 0.4) is 0 Å². The zero-order valence-corrected chi connectivity index (χ0v) is 13.9. The Hall–Kier alpha value is -2.42. The number of hydrogen-bond acceptors (Lipinski definition) is 3. The lowest BCUT2D eigenvalue weighted by molar-refractivity contribution is -0.143. The number of benzene rings is 1. The molecule has 0 N–H and O–H groups in total. The second-order valence-corrected chi connectivity index (χ2v) is 6.38. The zero-order valence-electron chi connectivity index (χ0n) is 13.1. The first kappa shape index (κ1) is 18.4. The van der Waals surface area contributed by atoms with Crippen LogP contribution in [0.2, 0.25) is 0 Å². The molecule has 0 aliphatic rings. The Kier molecular flexibility index (Phi) is 4.51. The molecule has 0 aliphatic heterocycles. The van der Waals surface area contributed by atoms with Gasteiger partial charge in [0.05, 0.1) is 16.8 Å². The van der Waals surface area contributed by atoms with Gasteiger partial charge >= 0.3 is 12.4 Å². The van der Waals surface area contributed by atoms with Gasteiger partial charge in [-0.3, -0.25) is 4.98 Å². The second-order valence-electron chi connectivity index (χ2n) is 5.52.